The number of carbonyl (C=O) groups is 2. The lowest BCUT2D eigenvalue weighted by molar-refractivity contribution is -0.147. The van der Waals surface area contributed by atoms with Crippen molar-refractivity contribution in [2.75, 3.05) is 18.4 Å². The fraction of sp³-hybridized carbons (Fsp3) is 0.600. The summed E-state index contributed by atoms with van der Waals surface area (Å²) in [5, 5.41) is 2.99. The summed E-state index contributed by atoms with van der Waals surface area (Å²) in [5.41, 5.74) is 2.96. The molecule has 4 nitrogen and oxygen atoms in total. The van der Waals surface area contributed by atoms with Crippen LogP contribution in [0.1, 0.15) is 50.3 Å². The van der Waals surface area contributed by atoms with Crippen LogP contribution in [0.2, 0.25) is 0 Å². The van der Waals surface area contributed by atoms with E-state index < -0.39 is 5.41 Å². The highest BCUT2D eigenvalue weighted by Gasteiger charge is 2.40. The highest BCUT2D eigenvalue weighted by atomic mass is 16.2. The van der Waals surface area contributed by atoms with Crippen molar-refractivity contribution in [1.82, 2.24) is 4.90 Å². The molecule has 0 aromatic heterocycles. The Bertz CT molecular complexity index is 626. The Kier molecular flexibility index (Phi) is 5.36. The maximum Gasteiger partial charge on any atom is 0.239 e. The lowest BCUT2D eigenvalue weighted by Gasteiger charge is -2.36. The fourth-order valence-electron chi connectivity index (χ4n) is 3.51. The molecule has 1 aliphatic rings. The van der Waals surface area contributed by atoms with Gasteiger partial charge in [-0.3, -0.25) is 9.59 Å². The van der Waals surface area contributed by atoms with Gasteiger partial charge in [0, 0.05) is 18.8 Å². The number of likely N-dealkylation sites (tertiary alicyclic amines) is 1. The molecule has 132 valence electrons. The molecule has 0 radical (unpaired) electrons. The summed E-state index contributed by atoms with van der Waals surface area (Å²) in [6.07, 6.45) is 2.17. The van der Waals surface area contributed by atoms with Crippen molar-refractivity contribution in [1.29, 1.82) is 0 Å². The standard InChI is InChI=1S/C20H30N2O2/c1-13-8-7-9-22(12-13)19(24)20(5,6)18(23)21-17-15(3)10-14(2)11-16(17)4/h10-11,13H,7-9,12H2,1-6H3,(H,21,23). The van der Waals surface area contributed by atoms with Crippen molar-refractivity contribution in [2.24, 2.45) is 11.3 Å². The summed E-state index contributed by atoms with van der Waals surface area (Å²) in [5.74, 6) is 0.192. The number of hydrogen-bond donors (Lipinski definition) is 1. The molecule has 0 bridgehead atoms. The Morgan fingerprint density at radius 3 is 2.29 bits per heavy atom. The minimum absolute atomic E-state index is 0.0750. The van der Waals surface area contributed by atoms with Crippen LogP contribution in [0, 0.1) is 32.1 Å². The Labute approximate surface area is 145 Å². The van der Waals surface area contributed by atoms with Gasteiger partial charge in [-0.05, 0) is 64.5 Å². The maximum absolute atomic E-state index is 12.9. The van der Waals surface area contributed by atoms with Crippen LogP contribution in [0.4, 0.5) is 5.69 Å². The van der Waals surface area contributed by atoms with E-state index in [9.17, 15) is 9.59 Å². The molecular weight excluding hydrogens is 300 g/mol. The second-order valence-electron chi connectivity index (χ2n) is 7.85. The zero-order chi connectivity index (χ0) is 18.1. The Morgan fingerprint density at radius 1 is 1.17 bits per heavy atom. The smallest absolute Gasteiger partial charge is 0.239 e. The largest absolute Gasteiger partial charge is 0.342 e. The maximum atomic E-state index is 12.9. The van der Waals surface area contributed by atoms with Gasteiger partial charge in [0.2, 0.25) is 11.8 Å². The molecule has 24 heavy (non-hydrogen) atoms. The SMILES string of the molecule is Cc1cc(C)c(NC(=O)C(C)(C)C(=O)N2CCCC(C)C2)c(C)c1. The van der Waals surface area contributed by atoms with Crippen molar-refractivity contribution in [2.45, 2.75) is 54.4 Å². The van der Waals surface area contributed by atoms with E-state index in [1.165, 1.54) is 5.56 Å². The minimum Gasteiger partial charge on any atom is -0.342 e. The van der Waals surface area contributed by atoms with Gasteiger partial charge in [0.05, 0.1) is 0 Å². The van der Waals surface area contributed by atoms with Crippen LogP contribution >= 0.6 is 0 Å². The topological polar surface area (TPSA) is 49.4 Å². The molecule has 0 aliphatic carbocycles. The van der Waals surface area contributed by atoms with Crippen molar-refractivity contribution in [3.8, 4) is 0 Å². The molecule has 1 aromatic rings. The van der Waals surface area contributed by atoms with E-state index in [2.05, 4.69) is 12.2 Å². The van der Waals surface area contributed by atoms with Gasteiger partial charge in [-0.15, -0.1) is 0 Å². The summed E-state index contributed by atoms with van der Waals surface area (Å²) >= 11 is 0. The number of nitrogens with zero attached hydrogens (tertiary/aromatic N) is 1. The summed E-state index contributed by atoms with van der Waals surface area (Å²) in [6, 6.07) is 4.09. The molecule has 1 aromatic carbocycles. The molecule has 1 aliphatic heterocycles. The fourth-order valence-corrected chi connectivity index (χ4v) is 3.51. The molecule has 1 N–H and O–H groups in total. The summed E-state index contributed by atoms with van der Waals surface area (Å²) in [4.78, 5) is 27.6. The highest BCUT2D eigenvalue weighted by molar-refractivity contribution is 6.10. The molecule has 0 spiro atoms. The first-order chi connectivity index (χ1) is 11.1. The predicted octanol–water partition coefficient (Wildman–Crippen LogP) is 3.84. The van der Waals surface area contributed by atoms with Gasteiger partial charge in [0.25, 0.3) is 0 Å². The average Bonchev–Trinajstić information content (AvgIpc) is 2.49. The van der Waals surface area contributed by atoms with Gasteiger partial charge in [0.15, 0.2) is 0 Å². The number of hydrogen-bond acceptors (Lipinski definition) is 2. The van der Waals surface area contributed by atoms with E-state index in [-0.39, 0.29) is 11.8 Å². The number of nitrogens with one attached hydrogen (secondary N) is 1. The second-order valence-corrected chi connectivity index (χ2v) is 7.85. The summed E-state index contributed by atoms with van der Waals surface area (Å²) in [7, 11) is 0. The van der Waals surface area contributed by atoms with Crippen molar-refractivity contribution >= 4 is 17.5 Å². The van der Waals surface area contributed by atoms with Gasteiger partial charge in [0.1, 0.15) is 5.41 Å². The van der Waals surface area contributed by atoms with E-state index in [1.54, 1.807) is 13.8 Å². The third-order valence-corrected chi connectivity index (χ3v) is 4.96. The molecular formula is C20H30N2O2. The van der Waals surface area contributed by atoms with Crippen LogP contribution in [-0.2, 0) is 9.59 Å². The Balaban J connectivity index is 2.17. The van der Waals surface area contributed by atoms with E-state index in [0.29, 0.717) is 5.92 Å². The van der Waals surface area contributed by atoms with Gasteiger partial charge in [-0.2, -0.15) is 0 Å². The van der Waals surface area contributed by atoms with Gasteiger partial charge in [-0.25, -0.2) is 0 Å². The lowest BCUT2D eigenvalue weighted by atomic mass is 9.88. The van der Waals surface area contributed by atoms with Crippen LogP contribution in [0.3, 0.4) is 0 Å². The van der Waals surface area contributed by atoms with Crippen LogP contribution in [-0.4, -0.2) is 29.8 Å². The molecule has 1 unspecified atom stereocenters. The minimum atomic E-state index is -1.07. The first kappa shape index (κ1) is 18.5. The molecule has 1 saturated heterocycles. The normalized spacial score (nSPS) is 18.4. The van der Waals surface area contributed by atoms with Crippen molar-refractivity contribution < 1.29 is 9.59 Å². The van der Waals surface area contributed by atoms with Crippen LogP contribution in [0.5, 0.6) is 0 Å². The molecule has 1 fully saturated rings. The number of rotatable bonds is 3. The predicted molar refractivity (Wildman–Crippen MR) is 98.0 cm³/mol. The Hall–Kier alpha value is -1.84. The first-order valence-electron chi connectivity index (χ1n) is 8.81. The monoisotopic (exact) mass is 330 g/mol. The zero-order valence-corrected chi connectivity index (χ0v) is 15.8. The molecule has 4 heteroatoms. The van der Waals surface area contributed by atoms with Crippen molar-refractivity contribution in [3.05, 3.63) is 28.8 Å². The van der Waals surface area contributed by atoms with E-state index >= 15 is 0 Å². The first-order valence-corrected chi connectivity index (χ1v) is 8.81. The number of aryl methyl sites for hydroxylation is 3. The van der Waals surface area contributed by atoms with Gasteiger partial charge < -0.3 is 10.2 Å². The molecule has 1 heterocycles. The lowest BCUT2D eigenvalue weighted by Crippen LogP contribution is -2.50. The molecule has 2 amide bonds. The quantitative estimate of drug-likeness (QED) is 0.856. The van der Waals surface area contributed by atoms with Crippen molar-refractivity contribution in [3.63, 3.8) is 0 Å². The van der Waals surface area contributed by atoms with Crippen LogP contribution in [0.15, 0.2) is 12.1 Å². The Morgan fingerprint density at radius 2 is 1.75 bits per heavy atom. The average molecular weight is 330 g/mol. The van der Waals surface area contributed by atoms with E-state index in [0.717, 1.165) is 42.7 Å². The van der Waals surface area contributed by atoms with Crippen LogP contribution in [0.25, 0.3) is 0 Å². The summed E-state index contributed by atoms with van der Waals surface area (Å²) < 4.78 is 0. The summed E-state index contributed by atoms with van der Waals surface area (Å²) in [6.45, 7) is 13.1. The number of carbonyl (C=O) groups excluding carboxylic acids is 2. The molecule has 0 saturated carbocycles. The zero-order valence-electron chi connectivity index (χ0n) is 15.8. The third-order valence-electron chi connectivity index (χ3n) is 4.96. The molecule has 1 atom stereocenters. The van der Waals surface area contributed by atoms with Crippen LogP contribution < -0.4 is 5.32 Å². The molecule has 2 rings (SSSR count). The number of piperidine rings is 1. The number of amides is 2. The van der Waals surface area contributed by atoms with Gasteiger partial charge in [-0.1, -0.05) is 24.6 Å². The van der Waals surface area contributed by atoms with E-state index in [4.69, 9.17) is 0 Å². The number of benzene rings is 1. The van der Waals surface area contributed by atoms with Gasteiger partial charge >= 0.3 is 0 Å². The second kappa shape index (κ2) is 6.96. The third kappa shape index (κ3) is 3.80. The highest BCUT2D eigenvalue weighted by Crippen LogP contribution is 2.28. The number of anilines is 1. The van der Waals surface area contributed by atoms with E-state index in [1.807, 2.05) is 37.8 Å².